The van der Waals surface area contributed by atoms with Crippen LogP contribution in [0.5, 0.6) is 0 Å². The first-order valence-electron chi connectivity index (χ1n) is 5.81. The van der Waals surface area contributed by atoms with E-state index in [0.717, 1.165) is 38.5 Å². The van der Waals surface area contributed by atoms with Crippen molar-refractivity contribution in [1.82, 2.24) is 9.78 Å². The Kier molecular flexibility index (Phi) is 3.85. The minimum atomic E-state index is 0.0435. The Hall–Kier alpha value is 0.150. The summed E-state index contributed by atoms with van der Waals surface area (Å²) in [5.74, 6) is 0. The molecule has 1 saturated heterocycles. The molecule has 1 fully saturated rings. The number of halogens is 3. The Bertz CT molecular complexity index is 595. The van der Waals surface area contributed by atoms with Gasteiger partial charge in [0, 0.05) is 16.5 Å². The zero-order chi connectivity index (χ0) is 12.7. The van der Waals surface area contributed by atoms with Crippen LogP contribution in [0, 0.1) is 3.70 Å². The molecule has 0 spiro atoms. The van der Waals surface area contributed by atoms with Crippen molar-refractivity contribution in [3.8, 4) is 0 Å². The summed E-state index contributed by atoms with van der Waals surface area (Å²) >= 11 is 11.9. The second-order valence-corrected chi connectivity index (χ2v) is 6.62. The van der Waals surface area contributed by atoms with Crippen LogP contribution in [0.15, 0.2) is 16.6 Å². The van der Waals surface area contributed by atoms with Crippen LogP contribution in [0.2, 0.25) is 5.02 Å². The molecule has 0 aliphatic carbocycles. The quantitative estimate of drug-likeness (QED) is 0.597. The molecule has 0 bridgehead atoms. The van der Waals surface area contributed by atoms with Gasteiger partial charge >= 0.3 is 0 Å². The van der Waals surface area contributed by atoms with Crippen LogP contribution in [0.3, 0.4) is 0 Å². The van der Waals surface area contributed by atoms with Gasteiger partial charge in [-0.25, -0.2) is 4.68 Å². The standard InChI is InChI=1S/C12H11BrClIN2O/c13-8-5-7-10(6-9(8)14)17(16-12(7)15)11-3-1-2-4-18-11/h5-6,11H,1-4H2. The Morgan fingerprint density at radius 2 is 2.28 bits per heavy atom. The second-order valence-electron chi connectivity index (χ2n) is 4.34. The molecule has 3 nitrogen and oxygen atoms in total. The van der Waals surface area contributed by atoms with Crippen LogP contribution in [-0.4, -0.2) is 16.4 Å². The van der Waals surface area contributed by atoms with Gasteiger partial charge in [0.05, 0.1) is 10.5 Å². The first-order chi connectivity index (χ1) is 8.66. The molecule has 0 saturated carbocycles. The zero-order valence-corrected chi connectivity index (χ0v) is 14.0. The summed E-state index contributed by atoms with van der Waals surface area (Å²) in [5, 5.41) is 6.41. The molecule has 1 aromatic carbocycles. The summed E-state index contributed by atoms with van der Waals surface area (Å²) < 4.78 is 9.65. The highest BCUT2D eigenvalue weighted by Gasteiger charge is 2.21. The predicted octanol–water partition coefficient (Wildman–Crippen LogP) is 4.76. The molecule has 96 valence electrons. The van der Waals surface area contributed by atoms with Crippen molar-refractivity contribution in [3.05, 3.63) is 25.3 Å². The first kappa shape index (κ1) is 13.1. The molecule has 0 radical (unpaired) electrons. The Morgan fingerprint density at radius 3 is 3.00 bits per heavy atom. The minimum Gasteiger partial charge on any atom is -0.356 e. The lowest BCUT2D eigenvalue weighted by molar-refractivity contribution is -0.0368. The molecule has 1 aromatic heterocycles. The molecule has 2 aromatic rings. The molecule has 1 unspecified atom stereocenters. The SMILES string of the molecule is Clc1cc2c(cc1Br)c(I)nn2C1CCCCO1. The molecule has 6 heteroatoms. The minimum absolute atomic E-state index is 0.0435. The maximum absolute atomic E-state index is 6.18. The average Bonchev–Trinajstić information content (AvgIpc) is 2.69. The van der Waals surface area contributed by atoms with Crippen LogP contribution in [0.25, 0.3) is 10.9 Å². The summed E-state index contributed by atoms with van der Waals surface area (Å²) in [6, 6.07) is 3.97. The lowest BCUT2D eigenvalue weighted by atomic mass is 10.2. The normalized spacial score (nSPS) is 20.5. The van der Waals surface area contributed by atoms with E-state index in [1.54, 1.807) is 0 Å². The van der Waals surface area contributed by atoms with Gasteiger partial charge in [0.1, 0.15) is 3.70 Å². The molecule has 0 N–H and O–H groups in total. The summed E-state index contributed by atoms with van der Waals surface area (Å²) in [5.41, 5.74) is 1.04. The van der Waals surface area contributed by atoms with Gasteiger partial charge in [-0.15, -0.1) is 0 Å². The van der Waals surface area contributed by atoms with Gasteiger partial charge in [0.2, 0.25) is 0 Å². The van der Waals surface area contributed by atoms with Crippen LogP contribution in [-0.2, 0) is 4.74 Å². The van der Waals surface area contributed by atoms with Crippen LogP contribution >= 0.6 is 50.1 Å². The van der Waals surface area contributed by atoms with Crippen LogP contribution in [0.4, 0.5) is 0 Å². The number of ether oxygens (including phenoxy) is 1. The van der Waals surface area contributed by atoms with E-state index >= 15 is 0 Å². The summed E-state index contributed by atoms with van der Waals surface area (Å²) in [7, 11) is 0. The van der Waals surface area contributed by atoms with Crippen LogP contribution < -0.4 is 0 Å². The topological polar surface area (TPSA) is 27.1 Å². The fourth-order valence-corrected chi connectivity index (χ4v) is 3.40. The summed E-state index contributed by atoms with van der Waals surface area (Å²) in [6.45, 7) is 0.812. The van der Waals surface area contributed by atoms with E-state index in [1.165, 1.54) is 6.42 Å². The maximum atomic E-state index is 6.18. The Balaban J connectivity index is 2.14. The van der Waals surface area contributed by atoms with Gasteiger partial charge < -0.3 is 4.74 Å². The van der Waals surface area contributed by atoms with Crippen molar-refractivity contribution >= 4 is 61.0 Å². The number of hydrogen-bond donors (Lipinski definition) is 0. The van der Waals surface area contributed by atoms with Gasteiger partial charge in [0.15, 0.2) is 6.23 Å². The molecule has 18 heavy (non-hydrogen) atoms. The Morgan fingerprint density at radius 1 is 1.44 bits per heavy atom. The number of benzene rings is 1. The Labute approximate surface area is 132 Å². The number of aromatic nitrogens is 2. The summed E-state index contributed by atoms with van der Waals surface area (Å²) in [6.07, 6.45) is 3.38. The lowest BCUT2D eigenvalue weighted by Gasteiger charge is -2.23. The van der Waals surface area contributed by atoms with Crippen LogP contribution in [0.1, 0.15) is 25.5 Å². The third-order valence-electron chi connectivity index (χ3n) is 3.13. The number of nitrogens with zero attached hydrogens (tertiary/aromatic N) is 2. The van der Waals surface area contributed by atoms with Gasteiger partial charge in [-0.05, 0) is 69.9 Å². The van der Waals surface area contributed by atoms with Gasteiger partial charge in [-0.3, -0.25) is 0 Å². The second kappa shape index (κ2) is 5.26. The molecule has 2 heterocycles. The van der Waals surface area contributed by atoms with Crippen molar-refractivity contribution in [2.75, 3.05) is 6.61 Å². The first-order valence-corrected chi connectivity index (χ1v) is 8.06. The molecule has 0 amide bonds. The van der Waals surface area contributed by atoms with E-state index in [-0.39, 0.29) is 6.23 Å². The molecule has 1 atom stereocenters. The highest BCUT2D eigenvalue weighted by Crippen LogP contribution is 2.33. The van der Waals surface area contributed by atoms with Crippen molar-refractivity contribution in [2.24, 2.45) is 0 Å². The van der Waals surface area contributed by atoms with E-state index in [9.17, 15) is 0 Å². The summed E-state index contributed by atoms with van der Waals surface area (Å²) in [4.78, 5) is 0. The van der Waals surface area contributed by atoms with E-state index in [0.29, 0.717) is 5.02 Å². The van der Waals surface area contributed by atoms with Crippen molar-refractivity contribution in [2.45, 2.75) is 25.5 Å². The van der Waals surface area contributed by atoms with Crippen molar-refractivity contribution in [3.63, 3.8) is 0 Å². The van der Waals surface area contributed by atoms with Gasteiger partial charge in [-0.1, -0.05) is 11.6 Å². The number of fused-ring (bicyclic) bond motifs is 1. The van der Waals surface area contributed by atoms with E-state index < -0.39 is 0 Å². The predicted molar refractivity (Wildman–Crippen MR) is 84.0 cm³/mol. The smallest absolute Gasteiger partial charge is 0.150 e. The third kappa shape index (κ3) is 2.30. The fourth-order valence-electron chi connectivity index (χ4n) is 2.23. The van der Waals surface area contributed by atoms with Gasteiger partial charge in [0.25, 0.3) is 0 Å². The van der Waals surface area contributed by atoms with E-state index in [1.807, 2.05) is 16.8 Å². The molecule has 1 aliphatic heterocycles. The highest BCUT2D eigenvalue weighted by atomic mass is 127. The largest absolute Gasteiger partial charge is 0.356 e. The lowest BCUT2D eigenvalue weighted by Crippen LogP contribution is -2.19. The monoisotopic (exact) mass is 440 g/mol. The number of rotatable bonds is 1. The third-order valence-corrected chi connectivity index (χ3v) is 5.13. The van der Waals surface area contributed by atoms with Crippen molar-refractivity contribution < 1.29 is 4.74 Å². The van der Waals surface area contributed by atoms with Crippen molar-refractivity contribution in [1.29, 1.82) is 0 Å². The fraction of sp³-hybridized carbons (Fsp3) is 0.417. The zero-order valence-electron chi connectivity index (χ0n) is 9.50. The maximum Gasteiger partial charge on any atom is 0.150 e. The average molecular weight is 441 g/mol. The molecular formula is C12H11BrClIN2O. The number of hydrogen-bond acceptors (Lipinski definition) is 2. The highest BCUT2D eigenvalue weighted by molar-refractivity contribution is 14.1. The van der Waals surface area contributed by atoms with E-state index in [4.69, 9.17) is 16.3 Å². The molecule has 3 rings (SSSR count). The molecular weight excluding hydrogens is 430 g/mol. The molecule has 1 aliphatic rings. The van der Waals surface area contributed by atoms with E-state index in [2.05, 4.69) is 43.6 Å². The van der Waals surface area contributed by atoms with Gasteiger partial charge in [-0.2, -0.15) is 5.10 Å².